The van der Waals surface area contributed by atoms with Gasteiger partial charge in [-0.2, -0.15) is 13.2 Å². The first-order valence-corrected chi connectivity index (χ1v) is 12.5. The molecule has 1 fully saturated rings. The van der Waals surface area contributed by atoms with E-state index in [0.29, 0.717) is 52.6 Å². The van der Waals surface area contributed by atoms with Crippen molar-refractivity contribution >= 4 is 28.8 Å². The Balaban J connectivity index is 1.37. The minimum absolute atomic E-state index is 0.00743. The fraction of sp³-hybridized carbons (Fsp3) is 0.200. The Kier molecular flexibility index (Phi) is 7.72. The number of nitrogens with one attached hydrogen (secondary N) is 2. The van der Waals surface area contributed by atoms with E-state index in [2.05, 4.69) is 10.6 Å². The molecule has 40 heavy (non-hydrogen) atoms. The number of benzene rings is 3. The van der Waals surface area contributed by atoms with Crippen molar-refractivity contribution in [3.63, 3.8) is 0 Å². The molecule has 5 rings (SSSR count). The Morgan fingerprint density at radius 2 is 1.70 bits per heavy atom. The molecule has 0 radical (unpaired) electrons. The van der Waals surface area contributed by atoms with Gasteiger partial charge in [0.1, 0.15) is 18.0 Å². The van der Waals surface area contributed by atoms with Crippen LogP contribution in [0.15, 0.2) is 85.0 Å². The molecule has 3 N–H and O–H groups in total. The van der Waals surface area contributed by atoms with E-state index < -0.39 is 29.7 Å². The fourth-order valence-electron chi connectivity index (χ4n) is 4.33. The highest BCUT2D eigenvalue weighted by Gasteiger charge is 2.30. The van der Waals surface area contributed by atoms with Crippen LogP contribution < -0.4 is 15.4 Å². The van der Waals surface area contributed by atoms with Crippen molar-refractivity contribution in [3.8, 4) is 5.75 Å². The summed E-state index contributed by atoms with van der Waals surface area (Å²) < 4.78 is 50.3. The first-order chi connectivity index (χ1) is 19.2. The van der Waals surface area contributed by atoms with E-state index in [-0.39, 0.29) is 12.5 Å². The molecule has 10 heteroatoms. The van der Waals surface area contributed by atoms with Crippen molar-refractivity contribution in [2.24, 2.45) is 0 Å². The van der Waals surface area contributed by atoms with E-state index in [4.69, 9.17) is 9.47 Å². The van der Waals surface area contributed by atoms with Crippen LogP contribution in [0.3, 0.4) is 0 Å². The summed E-state index contributed by atoms with van der Waals surface area (Å²) in [5.74, 6) is -0.325. The topological polar surface area (TPSA) is 96.9 Å². The third kappa shape index (κ3) is 6.24. The van der Waals surface area contributed by atoms with E-state index in [1.165, 1.54) is 24.3 Å². The molecule has 2 amide bonds. The molecule has 7 nitrogen and oxygen atoms in total. The molecule has 0 saturated carbocycles. The van der Waals surface area contributed by atoms with Crippen LogP contribution in [-0.2, 0) is 26.9 Å². The van der Waals surface area contributed by atoms with Crippen LogP contribution in [0.2, 0.25) is 0 Å². The Labute approximate surface area is 227 Å². The molecule has 3 aromatic rings. The van der Waals surface area contributed by atoms with E-state index in [9.17, 15) is 27.9 Å². The number of amides is 2. The number of allylic oxidation sites excluding steroid dienone is 2. The average molecular weight is 551 g/mol. The molecule has 0 bridgehead atoms. The molecule has 0 spiro atoms. The highest BCUT2D eigenvalue weighted by molar-refractivity contribution is 6.03. The van der Waals surface area contributed by atoms with Crippen molar-refractivity contribution in [3.05, 3.63) is 107 Å². The van der Waals surface area contributed by atoms with Crippen molar-refractivity contribution in [1.29, 1.82) is 0 Å². The molecule has 1 saturated heterocycles. The van der Waals surface area contributed by atoms with Gasteiger partial charge in [0.15, 0.2) is 0 Å². The number of rotatable bonds is 7. The second kappa shape index (κ2) is 11.4. The van der Waals surface area contributed by atoms with Crippen LogP contribution in [0.25, 0.3) is 5.57 Å². The standard InChI is InChI=1S/C30H25F3N2O5/c31-30(32,33)20-11-7-18(8-12-20)23(19-9-13-21(14-10-19)40-22-16-39-17-22)3-1-6-28(37)34-25-4-2-5-26-24(25)15-27(36)29(38)35-26/h1-14,22,27,36H,15-17H2,(H,34,37)(H,35,38). The largest absolute Gasteiger partial charge is 0.486 e. The molecular weight excluding hydrogens is 525 g/mol. The third-order valence-corrected chi connectivity index (χ3v) is 6.50. The number of alkyl halides is 3. The third-order valence-electron chi connectivity index (χ3n) is 6.50. The first kappa shape index (κ1) is 27.2. The molecule has 1 atom stereocenters. The number of hydrogen-bond acceptors (Lipinski definition) is 5. The van der Waals surface area contributed by atoms with Crippen molar-refractivity contribution in [1.82, 2.24) is 0 Å². The van der Waals surface area contributed by atoms with Gasteiger partial charge in [0.05, 0.1) is 18.8 Å². The van der Waals surface area contributed by atoms with Crippen LogP contribution in [-0.4, -0.2) is 42.3 Å². The Hall–Kier alpha value is -4.41. The predicted molar refractivity (Wildman–Crippen MR) is 143 cm³/mol. The highest BCUT2D eigenvalue weighted by Crippen LogP contribution is 2.32. The minimum atomic E-state index is -4.46. The summed E-state index contributed by atoms with van der Waals surface area (Å²) in [6, 6.07) is 16.9. The maximum Gasteiger partial charge on any atom is 0.416 e. The molecule has 0 aliphatic carbocycles. The van der Waals surface area contributed by atoms with Gasteiger partial charge < -0.3 is 25.2 Å². The van der Waals surface area contributed by atoms with E-state index in [0.717, 1.165) is 12.1 Å². The van der Waals surface area contributed by atoms with E-state index >= 15 is 0 Å². The summed E-state index contributed by atoms with van der Waals surface area (Å²) in [5, 5.41) is 15.3. The summed E-state index contributed by atoms with van der Waals surface area (Å²) >= 11 is 0. The quantitative estimate of drug-likeness (QED) is 0.285. The lowest BCUT2D eigenvalue weighted by Gasteiger charge is -2.26. The van der Waals surface area contributed by atoms with Gasteiger partial charge in [-0.25, -0.2) is 0 Å². The second-order valence-corrected chi connectivity index (χ2v) is 9.35. The normalized spacial score (nSPS) is 17.6. The maximum atomic E-state index is 13.1. The van der Waals surface area contributed by atoms with E-state index in [1.54, 1.807) is 48.5 Å². The van der Waals surface area contributed by atoms with Crippen LogP contribution in [0.5, 0.6) is 5.75 Å². The van der Waals surface area contributed by atoms with Crippen molar-refractivity contribution in [2.45, 2.75) is 24.8 Å². The average Bonchev–Trinajstić information content (AvgIpc) is 2.90. The molecule has 206 valence electrons. The smallest absolute Gasteiger partial charge is 0.416 e. The number of aliphatic hydroxyl groups is 1. The number of halogens is 3. The summed E-state index contributed by atoms with van der Waals surface area (Å²) in [6.07, 6.45) is -1.18. The number of carbonyl (C=O) groups is 2. The zero-order chi connectivity index (χ0) is 28.3. The number of hydrogen-bond donors (Lipinski definition) is 3. The monoisotopic (exact) mass is 550 g/mol. The summed E-state index contributed by atoms with van der Waals surface area (Å²) in [6.45, 7) is 1.04. The van der Waals surface area contributed by atoms with Gasteiger partial charge in [0.25, 0.3) is 5.91 Å². The Morgan fingerprint density at radius 1 is 1.02 bits per heavy atom. The number of aliphatic hydroxyl groups excluding tert-OH is 1. The van der Waals surface area contributed by atoms with Gasteiger partial charge in [0, 0.05) is 29.4 Å². The van der Waals surface area contributed by atoms with Crippen LogP contribution >= 0.6 is 0 Å². The maximum absolute atomic E-state index is 13.1. The van der Waals surface area contributed by atoms with Crippen LogP contribution in [0.4, 0.5) is 24.5 Å². The number of anilines is 2. The first-order valence-electron chi connectivity index (χ1n) is 12.5. The fourth-order valence-corrected chi connectivity index (χ4v) is 4.33. The highest BCUT2D eigenvalue weighted by atomic mass is 19.4. The van der Waals surface area contributed by atoms with E-state index in [1.807, 2.05) is 0 Å². The van der Waals surface area contributed by atoms with Gasteiger partial charge in [-0.1, -0.05) is 42.5 Å². The zero-order valence-electron chi connectivity index (χ0n) is 21.1. The summed E-state index contributed by atoms with van der Waals surface area (Å²) in [7, 11) is 0. The van der Waals surface area contributed by atoms with Gasteiger partial charge in [-0.3, -0.25) is 9.59 Å². The second-order valence-electron chi connectivity index (χ2n) is 9.35. The number of ether oxygens (including phenoxy) is 2. The molecule has 1 unspecified atom stereocenters. The SMILES string of the molecule is O=C(C=CC=C(c1ccc(OC2COC2)cc1)c1ccc(C(F)(F)F)cc1)Nc1cccc2c1CC(O)C(=O)N2. The van der Waals surface area contributed by atoms with Crippen molar-refractivity contribution < 1.29 is 37.3 Å². The molecular formula is C30H25F3N2O5. The van der Waals surface area contributed by atoms with Gasteiger partial charge in [-0.05, 0) is 53.1 Å². The van der Waals surface area contributed by atoms with Gasteiger partial charge >= 0.3 is 6.18 Å². The lowest BCUT2D eigenvalue weighted by molar-refractivity contribution is -0.137. The predicted octanol–water partition coefficient (Wildman–Crippen LogP) is 4.97. The number of fused-ring (bicyclic) bond motifs is 1. The Morgan fingerprint density at radius 3 is 2.33 bits per heavy atom. The molecule has 2 aliphatic rings. The van der Waals surface area contributed by atoms with Gasteiger partial charge in [0.2, 0.25) is 5.91 Å². The lowest BCUT2D eigenvalue weighted by atomic mass is 9.96. The van der Waals surface area contributed by atoms with Crippen molar-refractivity contribution in [2.75, 3.05) is 23.8 Å². The molecule has 3 aromatic carbocycles. The van der Waals surface area contributed by atoms with Crippen LogP contribution in [0, 0.1) is 0 Å². The Bertz CT molecular complexity index is 1460. The molecule has 0 aromatic heterocycles. The van der Waals surface area contributed by atoms with Crippen LogP contribution in [0.1, 0.15) is 22.3 Å². The summed E-state index contributed by atoms with van der Waals surface area (Å²) in [4.78, 5) is 24.5. The lowest BCUT2D eigenvalue weighted by Crippen LogP contribution is -2.38. The zero-order valence-corrected chi connectivity index (χ0v) is 21.1. The molecule has 2 heterocycles. The number of carbonyl (C=O) groups excluding carboxylic acids is 2. The van der Waals surface area contributed by atoms with Gasteiger partial charge in [-0.15, -0.1) is 0 Å². The summed E-state index contributed by atoms with van der Waals surface area (Å²) in [5.41, 5.74) is 2.64. The minimum Gasteiger partial charge on any atom is -0.486 e. The molecule has 2 aliphatic heterocycles.